The minimum Gasteiger partial charge on any atom is -1.00 e. The third-order valence-electron chi connectivity index (χ3n) is 4.32. The average molecular weight is 328 g/mol. The van der Waals surface area contributed by atoms with Gasteiger partial charge in [0.05, 0.1) is 0 Å². The van der Waals surface area contributed by atoms with Crippen molar-refractivity contribution in [2.75, 3.05) is 0 Å². The summed E-state index contributed by atoms with van der Waals surface area (Å²) in [6.45, 7) is 15.4. The molecule has 0 bridgehead atoms. The van der Waals surface area contributed by atoms with E-state index in [1.165, 1.54) is 16.7 Å². The van der Waals surface area contributed by atoms with Crippen LogP contribution in [0.2, 0.25) is 0 Å². The zero-order chi connectivity index (χ0) is 17.0. The number of Topliss-reactive ketones (excluding diaryl/α,β-unsaturated/α-hetero) is 1. The second kappa shape index (κ2) is 10.0. The maximum absolute atomic E-state index is 13.0. The molecule has 1 aromatic rings. The molecule has 2 unspecified atom stereocenters. The van der Waals surface area contributed by atoms with Gasteiger partial charge in [0.25, 0.3) is 0 Å². The fourth-order valence-electron chi connectivity index (χ4n) is 2.87. The monoisotopic (exact) mass is 328 g/mol. The summed E-state index contributed by atoms with van der Waals surface area (Å²) in [7, 11) is 2.76. The normalized spacial score (nSPS) is 12.7. The van der Waals surface area contributed by atoms with Crippen LogP contribution in [-0.2, 0) is 0 Å². The van der Waals surface area contributed by atoms with Gasteiger partial charge in [-0.05, 0) is 40.9 Å². The van der Waals surface area contributed by atoms with Gasteiger partial charge in [-0.25, -0.2) is 0 Å². The Bertz CT molecular complexity index is 497. The quantitative estimate of drug-likeness (QED) is 0.426. The Morgan fingerprint density at radius 1 is 1.00 bits per heavy atom. The Balaban J connectivity index is 0. The minimum absolute atomic E-state index is 0. The Kier molecular flexibility index (Phi) is 10.00. The van der Waals surface area contributed by atoms with Gasteiger partial charge < -0.3 is 1.43 Å². The van der Waals surface area contributed by atoms with Crippen LogP contribution in [0, 0.1) is 0 Å². The molecule has 0 aliphatic carbocycles. The number of rotatable bonds is 7. The van der Waals surface area contributed by atoms with E-state index in [9.17, 15) is 4.79 Å². The van der Waals surface area contributed by atoms with E-state index in [1.807, 2.05) is 0 Å². The van der Waals surface area contributed by atoms with Crippen LogP contribution in [0.1, 0.15) is 108 Å². The van der Waals surface area contributed by atoms with E-state index >= 15 is 0 Å². The first-order valence-electron chi connectivity index (χ1n) is 8.68. The molecule has 1 rings (SSSR count). The van der Waals surface area contributed by atoms with Gasteiger partial charge in [0.15, 0.2) is 5.78 Å². The van der Waals surface area contributed by atoms with Crippen molar-refractivity contribution in [3.8, 4) is 0 Å². The molecule has 0 heterocycles. The molecule has 0 aromatic heterocycles. The van der Waals surface area contributed by atoms with Crippen LogP contribution in [0.3, 0.4) is 0 Å². The molecule has 126 valence electrons. The van der Waals surface area contributed by atoms with Crippen molar-refractivity contribution in [3.05, 3.63) is 34.4 Å². The van der Waals surface area contributed by atoms with E-state index in [1.54, 1.807) is 0 Å². The fourth-order valence-corrected chi connectivity index (χ4v) is 3.37. The molecule has 0 saturated carbocycles. The standard InChI is InChI=1S/C20H33OP.Li.H/c1-8-9-18(22)20(21)19-16(13(4)5)10-15(12(2)3)11-17(19)14(6)7;;/h10-14,18H,8-9,22H2,1-7H3;;/q;+1;-1. The summed E-state index contributed by atoms with van der Waals surface area (Å²) >= 11 is 0. The predicted molar refractivity (Wildman–Crippen MR) is 103 cm³/mol. The van der Waals surface area contributed by atoms with Gasteiger partial charge in [0.2, 0.25) is 0 Å². The molecule has 0 N–H and O–H groups in total. The topological polar surface area (TPSA) is 17.1 Å². The molecule has 23 heavy (non-hydrogen) atoms. The summed E-state index contributed by atoms with van der Waals surface area (Å²) in [6.07, 6.45) is 1.97. The molecule has 0 amide bonds. The maximum Gasteiger partial charge on any atom is 1.00 e. The SMILES string of the molecule is CCCC(P)C(=O)c1c(C(C)C)cc(C(C)C)cc1C(C)C.[H-].[Li+]. The van der Waals surface area contributed by atoms with Crippen LogP contribution in [-0.4, -0.2) is 11.4 Å². The summed E-state index contributed by atoms with van der Waals surface area (Å²) in [5, 5.41) is 0. The van der Waals surface area contributed by atoms with Gasteiger partial charge in [-0.3, -0.25) is 4.79 Å². The summed E-state index contributed by atoms with van der Waals surface area (Å²) in [5.74, 6) is 1.53. The number of ketones is 1. The van der Waals surface area contributed by atoms with E-state index in [0.29, 0.717) is 23.5 Å². The smallest absolute Gasteiger partial charge is 1.00 e. The van der Waals surface area contributed by atoms with E-state index in [-0.39, 0.29) is 25.9 Å². The second-order valence-corrected chi connectivity index (χ2v) is 8.10. The summed E-state index contributed by atoms with van der Waals surface area (Å²) in [4.78, 5) is 13.0. The van der Waals surface area contributed by atoms with Gasteiger partial charge in [0.1, 0.15) is 0 Å². The molecular formula is C20H34LiOP. The first kappa shape index (κ1) is 22.9. The number of hydrogen-bond donors (Lipinski definition) is 0. The van der Waals surface area contributed by atoms with Crippen molar-refractivity contribution >= 4 is 15.0 Å². The van der Waals surface area contributed by atoms with E-state index in [0.717, 1.165) is 18.4 Å². The zero-order valence-electron chi connectivity index (χ0n) is 17.4. The van der Waals surface area contributed by atoms with Crippen LogP contribution in [0.25, 0.3) is 0 Å². The molecule has 1 nitrogen and oxygen atoms in total. The van der Waals surface area contributed by atoms with E-state index in [2.05, 4.69) is 69.8 Å². The van der Waals surface area contributed by atoms with Gasteiger partial charge in [-0.15, -0.1) is 9.24 Å². The van der Waals surface area contributed by atoms with E-state index < -0.39 is 0 Å². The molecule has 3 heteroatoms. The van der Waals surface area contributed by atoms with Crippen LogP contribution >= 0.6 is 9.24 Å². The van der Waals surface area contributed by atoms with Gasteiger partial charge in [0, 0.05) is 11.2 Å². The molecule has 0 saturated heterocycles. The zero-order valence-corrected chi connectivity index (χ0v) is 17.5. The second-order valence-electron chi connectivity index (χ2n) is 7.30. The van der Waals surface area contributed by atoms with E-state index in [4.69, 9.17) is 0 Å². The van der Waals surface area contributed by atoms with Gasteiger partial charge in [-0.2, -0.15) is 0 Å². The minimum atomic E-state index is 0. The molecule has 0 aliphatic rings. The Morgan fingerprint density at radius 3 is 1.74 bits per heavy atom. The predicted octanol–water partition coefficient (Wildman–Crippen LogP) is 3.40. The molecular weight excluding hydrogens is 294 g/mol. The van der Waals surface area contributed by atoms with Crippen LogP contribution in [0.15, 0.2) is 12.1 Å². The van der Waals surface area contributed by atoms with Crippen molar-refractivity contribution < 1.29 is 25.1 Å². The van der Waals surface area contributed by atoms with Crippen molar-refractivity contribution in [3.63, 3.8) is 0 Å². The molecule has 2 atom stereocenters. The number of hydrogen-bond acceptors (Lipinski definition) is 1. The Hall–Kier alpha value is -0.0826. The van der Waals surface area contributed by atoms with Crippen molar-refractivity contribution in [2.45, 2.75) is 84.7 Å². The largest absolute Gasteiger partial charge is 1.00 e. The van der Waals surface area contributed by atoms with Crippen molar-refractivity contribution in [1.29, 1.82) is 0 Å². The third-order valence-corrected chi connectivity index (χ3v) is 4.95. The third kappa shape index (κ3) is 5.74. The summed E-state index contributed by atoms with van der Waals surface area (Å²) in [5.41, 5.74) is 4.82. The van der Waals surface area contributed by atoms with Gasteiger partial charge in [-0.1, -0.05) is 67.0 Å². The van der Waals surface area contributed by atoms with Gasteiger partial charge >= 0.3 is 18.9 Å². The average Bonchev–Trinajstić information content (AvgIpc) is 2.44. The molecule has 0 fully saturated rings. The molecule has 0 spiro atoms. The Morgan fingerprint density at radius 2 is 1.43 bits per heavy atom. The first-order chi connectivity index (χ1) is 10.2. The molecule has 0 radical (unpaired) electrons. The van der Waals surface area contributed by atoms with Crippen LogP contribution in [0.5, 0.6) is 0 Å². The Labute approximate surface area is 159 Å². The number of carbonyl (C=O) groups is 1. The summed E-state index contributed by atoms with van der Waals surface area (Å²) in [6, 6.07) is 4.52. The number of benzene rings is 1. The van der Waals surface area contributed by atoms with Crippen LogP contribution < -0.4 is 18.9 Å². The fraction of sp³-hybridized carbons (Fsp3) is 0.650. The first-order valence-corrected chi connectivity index (χ1v) is 9.34. The molecule has 0 aliphatic heterocycles. The maximum atomic E-state index is 13.0. The summed E-state index contributed by atoms with van der Waals surface area (Å²) < 4.78 is 0. The number of carbonyl (C=O) groups excluding carboxylic acids is 1. The van der Waals surface area contributed by atoms with Crippen molar-refractivity contribution in [1.82, 2.24) is 0 Å². The van der Waals surface area contributed by atoms with Crippen molar-refractivity contribution in [2.24, 2.45) is 0 Å². The van der Waals surface area contributed by atoms with Crippen LogP contribution in [0.4, 0.5) is 0 Å². The molecule has 1 aromatic carbocycles.